The molecule has 1 aromatic rings. The quantitative estimate of drug-likeness (QED) is 0.899. The predicted molar refractivity (Wildman–Crippen MR) is 79.8 cm³/mol. The maximum atomic E-state index is 12.6. The Balaban J connectivity index is 2.31. The van der Waals surface area contributed by atoms with Crippen molar-refractivity contribution in [1.82, 2.24) is 4.90 Å². The molecule has 1 unspecified atom stereocenters. The van der Waals surface area contributed by atoms with Gasteiger partial charge in [0.25, 0.3) is 5.91 Å². The van der Waals surface area contributed by atoms with Crippen LogP contribution in [0.3, 0.4) is 0 Å². The third-order valence-corrected chi connectivity index (χ3v) is 4.21. The molecular formula is C15H18BrNO3. The fourth-order valence-electron chi connectivity index (χ4n) is 2.63. The number of carboxylic acids is 1. The van der Waals surface area contributed by atoms with Crippen molar-refractivity contribution in [3.63, 3.8) is 0 Å². The minimum atomic E-state index is -0.907. The first-order valence-electron chi connectivity index (χ1n) is 6.80. The van der Waals surface area contributed by atoms with Gasteiger partial charge in [-0.1, -0.05) is 28.8 Å². The lowest BCUT2D eigenvalue weighted by atomic mass is 10.1. The number of rotatable bonds is 2. The molecule has 0 aromatic heterocycles. The number of benzene rings is 1. The zero-order valence-corrected chi connectivity index (χ0v) is 13.0. The number of carbonyl (C=O) groups excluding carboxylic acids is 1. The molecule has 1 saturated heterocycles. The smallest absolute Gasteiger partial charge is 0.326 e. The zero-order chi connectivity index (χ0) is 14.7. The highest BCUT2D eigenvalue weighted by Gasteiger charge is 2.31. The van der Waals surface area contributed by atoms with E-state index < -0.39 is 12.0 Å². The minimum Gasteiger partial charge on any atom is -0.480 e. The van der Waals surface area contributed by atoms with Gasteiger partial charge in [0, 0.05) is 16.6 Å². The van der Waals surface area contributed by atoms with Gasteiger partial charge in [-0.05, 0) is 43.5 Å². The summed E-state index contributed by atoms with van der Waals surface area (Å²) in [5.74, 6) is -1.08. The molecule has 2 rings (SSSR count). The standard InChI is InChI=1S/C15H18BrNO3/c1-10-9-11(16)6-7-12(10)14(18)17-8-4-2-3-5-13(17)15(19)20/h6-7,9,13H,2-5,8H2,1H3,(H,19,20). The fourth-order valence-corrected chi connectivity index (χ4v) is 3.11. The molecule has 0 saturated carbocycles. The average Bonchev–Trinajstić information content (AvgIpc) is 2.63. The number of amides is 1. The van der Waals surface area contributed by atoms with E-state index in [2.05, 4.69) is 15.9 Å². The van der Waals surface area contributed by atoms with Gasteiger partial charge in [-0.3, -0.25) is 4.79 Å². The molecule has 1 N–H and O–H groups in total. The zero-order valence-electron chi connectivity index (χ0n) is 11.4. The van der Waals surface area contributed by atoms with E-state index in [9.17, 15) is 14.7 Å². The Morgan fingerprint density at radius 3 is 2.70 bits per heavy atom. The van der Waals surface area contributed by atoms with Crippen molar-refractivity contribution >= 4 is 27.8 Å². The van der Waals surface area contributed by atoms with E-state index in [0.717, 1.165) is 29.3 Å². The average molecular weight is 340 g/mol. The van der Waals surface area contributed by atoms with Crippen LogP contribution >= 0.6 is 15.9 Å². The van der Waals surface area contributed by atoms with Crippen molar-refractivity contribution in [2.75, 3.05) is 6.54 Å². The van der Waals surface area contributed by atoms with Crippen LogP contribution < -0.4 is 0 Å². The van der Waals surface area contributed by atoms with Crippen LogP contribution in [0.25, 0.3) is 0 Å². The lowest BCUT2D eigenvalue weighted by molar-refractivity contribution is -0.142. The van der Waals surface area contributed by atoms with Crippen LogP contribution in [0.4, 0.5) is 0 Å². The van der Waals surface area contributed by atoms with Gasteiger partial charge in [-0.2, -0.15) is 0 Å². The summed E-state index contributed by atoms with van der Waals surface area (Å²) in [5, 5.41) is 9.34. The number of aryl methyl sites for hydroxylation is 1. The summed E-state index contributed by atoms with van der Waals surface area (Å²) in [5.41, 5.74) is 1.44. The number of nitrogens with zero attached hydrogens (tertiary/aromatic N) is 1. The Hall–Kier alpha value is -1.36. The molecule has 0 radical (unpaired) electrons. The van der Waals surface area contributed by atoms with E-state index in [1.807, 2.05) is 19.1 Å². The van der Waals surface area contributed by atoms with Crippen molar-refractivity contribution in [2.45, 2.75) is 38.6 Å². The van der Waals surface area contributed by atoms with E-state index in [1.165, 1.54) is 4.90 Å². The maximum Gasteiger partial charge on any atom is 0.326 e. The molecule has 1 fully saturated rings. The van der Waals surface area contributed by atoms with Gasteiger partial charge in [0.15, 0.2) is 0 Å². The highest BCUT2D eigenvalue weighted by atomic mass is 79.9. The Kier molecular flexibility index (Phi) is 4.81. The SMILES string of the molecule is Cc1cc(Br)ccc1C(=O)N1CCCCCC1C(=O)O. The second-order valence-electron chi connectivity index (χ2n) is 5.16. The van der Waals surface area contributed by atoms with Crippen molar-refractivity contribution < 1.29 is 14.7 Å². The summed E-state index contributed by atoms with van der Waals surface area (Å²) < 4.78 is 0.914. The fraction of sp³-hybridized carbons (Fsp3) is 0.467. The summed E-state index contributed by atoms with van der Waals surface area (Å²) in [6.07, 6.45) is 3.24. The number of carbonyl (C=O) groups is 2. The number of halogens is 1. The van der Waals surface area contributed by atoms with Crippen molar-refractivity contribution in [3.05, 3.63) is 33.8 Å². The van der Waals surface area contributed by atoms with E-state index in [1.54, 1.807) is 6.07 Å². The molecule has 5 heteroatoms. The minimum absolute atomic E-state index is 0.177. The third-order valence-electron chi connectivity index (χ3n) is 3.72. The molecule has 0 spiro atoms. The van der Waals surface area contributed by atoms with Gasteiger partial charge in [0.2, 0.25) is 0 Å². The summed E-state index contributed by atoms with van der Waals surface area (Å²) in [4.78, 5) is 25.6. The van der Waals surface area contributed by atoms with Gasteiger partial charge >= 0.3 is 5.97 Å². The molecule has 0 aliphatic carbocycles. The highest BCUT2D eigenvalue weighted by molar-refractivity contribution is 9.10. The largest absolute Gasteiger partial charge is 0.480 e. The number of carboxylic acid groups (broad SMARTS) is 1. The Morgan fingerprint density at radius 1 is 1.30 bits per heavy atom. The van der Waals surface area contributed by atoms with Crippen LogP contribution in [0, 0.1) is 6.92 Å². The Morgan fingerprint density at radius 2 is 2.05 bits per heavy atom. The molecular weight excluding hydrogens is 322 g/mol. The van der Waals surface area contributed by atoms with Crippen LogP contribution in [0.2, 0.25) is 0 Å². The first-order valence-corrected chi connectivity index (χ1v) is 7.60. The van der Waals surface area contributed by atoms with E-state index in [4.69, 9.17) is 0 Å². The van der Waals surface area contributed by atoms with Crippen LogP contribution in [-0.2, 0) is 4.79 Å². The summed E-state index contributed by atoms with van der Waals surface area (Å²) >= 11 is 3.37. The number of aliphatic carboxylic acids is 1. The lowest BCUT2D eigenvalue weighted by Gasteiger charge is -2.27. The van der Waals surface area contributed by atoms with Crippen LogP contribution in [0.1, 0.15) is 41.6 Å². The molecule has 1 aliphatic heterocycles. The predicted octanol–water partition coefficient (Wildman–Crippen LogP) is 3.23. The number of likely N-dealkylation sites (tertiary alicyclic amines) is 1. The molecule has 108 valence electrons. The number of hydrogen-bond donors (Lipinski definition) is 1. The Labute approximate surface area is 126 Å². The second-order valence-corrected chi connectivity index (χ2v) is 6.08. The van der Waals surface area contributed by atoms with Crippen LogP contribution in [-0.4, -0.2) is 34.5 Å². The monoisotopic (exact) mass is 339 g/mol. The second kappa shape index (κ2) is 6.39. The maximum absolute atomic E-state index is 12.6. The summed E-state index contributed by atoms with van der Waals surface area (Å²) in [6, 6.07) is 4.74. The number of hydrogen-bond acceptors (Lipinski definition) is 2. The first kappa shape index (κ1) is 15.0. The normalized spacial score (nSPS) is 19.5. The first-order chi connectivity index (χ1) is 9.50. The molecule has 4 nitrogen and oxygen atoms in total. The molecule has 1 atom stereocenters. The van der Waals surface area contributed by atoms with Crippen molar-refractivity contribution in [3.8, 4) is 0 Å². The molecule has 1 aromatic carbocycles. The Bertz CT molecular complexity index is 530. The van der Waals surface area contributed by atoms with Gasteiger partial charge in [0.05, 0.1) is 0 Å². The molecule has 1 heterocycles. The summed E-state index contributed by atoms with van der Waals surface area (Å²) in [6.45, 7) is 2.39. The molecule has 1 aliphatic rings. The van der Waals surface area contributed by atoms with Crippen molar-refractivity contribution in [1.29, 1.82) is 0 Å². The van der Waals surface area contributed by atoms with Crippen LogP contribution in [0.15, 0.2) is 22.7 Å². The van der Waals surface area contributed by atoms with Crippen LogP contribution in [0.5, 0.6) is 0 Å². The molecule has 0 bridgehead atoms. The lowest BCUT2D eigenvalue weighted by Crippen LogP contribution is -2.44. The topological polar surface area (TPSA) is 57.6 Å². The molecule has 1 amide bonds. The van der Waals surface area contributed by atoms with Gasteiger partial charge < -0.3 is 10.0 Å². The highest BCUT2D eigenvalue weighted by Crippen LogP contribution is 2.22. The van der Waals surface area contributed by atoms with Gasteiger partial charge in [0.1, 0.15) is 6.04 Å². The summed E-state index contributed by atoms with van der Waals surface area (Å²) in [7, 11) is 0. The van der Waals surface area contributed by atoms with Gasteiger partial charge in [-0.15, -0.1) is 0 Å². The third kappa shape index (κ3) is 3.20. The van der Waals surface area contributed by atoms with E-state index in [0.29, 0.717) is 18.5 Å². The van der Waals surface area contributed by atoms with E-state index >= 15 is 0 Å². The van der Waals surface area contributed by atoms with Gasteiger partial charge in [-0.25, -0.2) is 4.79 Å². The van der Waals surface area contributed by atoms with E-state index in [-0.39, 0.29) is 5.91 Å². The van der Waals surface area contributed by atoms with Crippen molar-refractivity contribution in [2.24, 2.45) is 0 Å². The molecule has 20 heavy (non-hydrogen) atoms.